The van der Waals surface area contributed by atoms with E-state index in [0.29, 0.717) is 11.4 Å². The van der Waals surface area contributed by atoms with E-state index in [9.17, 15) is 24.8 Å². The summed E-state index contributed by atoms with van der Waals surface area (Å²) in [5.74, 6) is -0.449. The number of hydrogen-bond acceptors (Lipinski definition) is 8. The van der Waals surface area contributed by atoms with Crippen molar-refractivity contribution in [3.05, 3.63) is 80.3 Å². The number of nitrogens with zero attached hydrogens (tertiary/aromatic N) is 6. The number of amidine groups is 1. The highest BCUT2D eigenvalue weighted by atomic mass is 32.2. The van der Waals surface area contributed by atoms with Gasteiger partial charge in [-0.25, -0.2) is 9.58 Å². The molecule has 0 atom stereocenters. The number of carbonyl (C=O) groups is 1. The molecule has 1 N–H and O–H groups in total. The van der Waals surface area contributed by atoms with Gasteiger partial charge in [-0.15, -0.1) is 5.10 Å². The Labute approximate surface area is 191 Å². The summed E-state index contributed by atoms with van der Waals surface area (Å²) < 4.78 is 3.12. The molecule has 1 aromatic heterocycles. The van der Waals surface area contributed by atoms with Crippen molar-refractivity contribution in [2.45, 2.75) is 6.92 Å². The highest BCUT2D eigenvalue weighted by Gasteiger charge is 2.35. The van der Waals surface area contributed by atoms with E-state index in [2.05, 4.69) is 10.2 Å². The Bertz CT molecular complexity index is 1380. The first-order valence-corrected chi connectivity index (χ1v) is 10.7. The van der Waals surface area contributed by atoms with E-state index in [1.165, 1.54) is 21.7 Å². The number of benzene rings is 2. The minimum atomic E-state index is -0.591. The Balaban J connectivity index is 1.72. The molecule has 1 fully saturated rings. The van der Waals surface area contributed by atoms with Crippen molar-refractivity contribution in [2.75, 3.05) is 10.7 Å². The van der Waals surface area contributed by atoms with Gasteiger partial charge < -0.3 is 5.11 Å². The molecule has 33 heavy (non-hydrogen) atoms. The van der Waals surface area contributed by atoms with Gasteiger partial charge in [0.15, 0.2) is 5.17 Å². The summed E-state index contributed by atoms with van der Waals surface area (Å²) in [7, 11) is 1.72. The van der Waals surface area contributed by atoms with Gasteiger partial charge in [0, 0.05) is 24.7 Å². The average molecular weight is 466 g/mol. The van der Waals surface area contributed by atoms with Gasteiger partial charge in [-0.1, -0.05) is 30.0 Å². The second-order valence-corrected chi connectivity index (χ2v) is 8.00. The number of anilines is 1. The van der Waals surface area contributed by atoms with E-state index in [4.69, 9.17) is 0 Å². The van der Waals surface area contributed by atoms with Crippen LogP contribution in [0.15, 0.2) is 63.5 Å². The first-order chi connectivity index (χ1) is 15.8. The Morgan fingerprint density at radius 2 is 1.91 bits per heavy atom. The van der Waals surface area contributed by atoms with E-state index in [1.807, 2.05) is 18.2 Å². The maximum Gasteiger partial charge on any atom is 0.296 e. The number of nitro benzene ring substituents is 1. The number of phenols is 1. The maximum absolute atomic E-state index is 13.3. The Morgan fingerprint density at radius 3 is 2.61 bits per heavy atom. The summed E-state index contributed by atoms with van der Waals surface area (Å²) in [5, 5.41) is 29.0. The van der Waals surface area contributed by atoms with Crippen molar-refractivity contribution in [1.82, 2.24) is 9.36 Å². The minimum Gasteiger partial charge on any atom is -0.507 e. The summed E-state index contributed by atoms with van der Waals surface area (Å²) in [5.41, 5.74) is 0.879. The quantitative estimate of drug-likeness (QED) is 0.349. The molecule has 0 aliphatic carbocycles. The molecular formula is C21H18N6O5S. The maximum atomic E-state index is 13.3. The summed E-state index contributed by atoms with van der Waals surface area (Å²) in [6.45, 7) is 1.73. The third kappa shape index (κ3) is 4.03. The topological polar surface area (TPSA) is 135 Å². The van der Waals surface area contributed by atoms with Crippen LogP contribution in [-0.4, -0.2) is 42.4 Å². The molecule has 0 bridgehead atoms. The van der Waals surface area contributed by atoms with Crippen LogP contribution < -0.4 is 10.5 Å². The number of nitro groups is 1. The van der Waals surface area contributed by atoms with Gasteiger partial charge in [-0.3, -0.25) is 24.4 Å². The molecular weight excluding hydrogens is 448 g/mol. The fourth-order valence-corrected chi connectivity index (χ4v) is 4.18. The molecule has 1 aliphatic heterocycles. The summed E-state index contributed by atoms with van der Waals surface area (Å²) in [4.78, 5) is 37.5. The SMILES string of the molecule is Cc1c(N2C(=O)CSC2=NN=Cc2cc([N+](=O)[O-])ccc2O)c(=O)n(-c2ccccc2)n1C. The number of thioether (sulfide) groups is 1. The normalized spacial score (nSPS) is 15.2. The zero-order valence-corrected chi connectivity index (χ0v) is 18.4. The van der Waals surface area contributed by atoms with E-state index < -0.39 is 4.92 Å². The third-order valence-electron chi connectivity index (χ3n) is 5.07. The number of non-ortho nitro benzene ring substituents is 1. The summed E-state index contributed by atoms with van der Waals surface area (Å²) in [6, 6.07) is 12.6. The zero-order chi connectivity index (χ0) is 23.7. The van der Waals surface area contributed by atoms with E-state index in [1.54, 1.807) is 30.8 Å². The molecule has 0 radical (unpaired) electrons. The second-order valence-electron chi connectivity index (χ2n) is 7.06. The number of aromatic nitrogens is 2. The molecule has 0 unspecified atom stereocenters. The van der Waals surface area contributed by atoms with Crippen LogP contribution in [0.3, 0.4) is 0 Å². The molecule has 168 valence electrons. The smallest absolute Gasteiger partial charge is 0.296 e. The largest absolute Gasteiger partial charge is 0.507 e. The lowest BCUT2D eigenvalue weighted by Crippen LogP contribution is -2.34. The molecule has 1 saturated heterocycles. The predicted molar refractivity (Wildman–Crippen MR) is 125 cm³/mol. The molecule has 2 heterocycles. The lowest BCUT2D eigenvalue weighted by Gasteiger charge is -2.13. The second kappa shape index (κ2) is 8.74. The lowest BCUT2D eigenvalue weighted by molar-refractivity contribution is -0.384. The van der Waals surface area contributed by atoms with Crippen molar-refractivity contribution in [3.63, 3.8) is 0 Å². The van der Waals surface area contributed by atoms with Gasteiger partial charge in [0.05, 0.1) is 28.3 Å². The number of amides is 1. The van der Waals surface area contributed by atoms with Crippen LogP contribution >= 0.6 is 11.8 Å². The number of rotatable bonds is 5. The Kier molecular flexibility index (Phi) is 5.84. The Hall–Kier alpha value is -4.19. The molecule has 2 aromatic carbocycles. The van der Waals surface area contributed by atoms with Crippen molar-refractivity contribution >= 4 is 40.4 Å². The van der Waals surface area contributed by atoms with Crippen molar-refractivity contribution in [1.29, 1.82) is 0 Å². The standard InChI is InChI=1S/C21H18N6O5S/c1-13-19(20(30)26(24(13)2)15-6-4-3-5-7-15)25-18(29)12-33-21(25)23-22-11-14-10-16(27(31)32)8-9-17(14)28/h3-11,28H,12H2,1-2H3. The third-order valence-corrected chi connectivity index (χ3v) is 5.99. The van der Waals surface area contributed by atoms with E-state index in [0.717, 1.165) is 24.0 Å². The van der Waals surface area contributed by atoms with Crippen molar-refractivity contribution < 1.29 is 14.8 Å². The molecule has 1 amide bonds. The zero-order valence-electron chi connectivity index (χ0n) is 17.6. The fraction of sp³-hybridized carbons (Fsp3) is 0.143. The predicted octanol–water partition coefficient (Wildman–Crippen LogP) is 2.57. The summed E-state index contributed by atoms with van der Waals surface area (Å²) in [6.07, 6.45) is 1.15. The highest BCUT2D eigenvalue weighted by Crippen LogP contribution is 2.28. The number of para-hydroxylation sites is 1. The lowest BCUT2D eigenvalue weighted by atomic mass is 10.2. The van der Waals surface area contributed by atoms with Gasteiger partial charge in [0.1, 0.15) is 11.4 Å². The molecule has 1 aliphatic rings. The molecule has 3 aromatic rings. The first-order valence-electron chi connectivity index (χ1n) is 9.68. The number of aromatic hydroxyl groups is 1. The minimum absolute atomic E-state index is 0.0789. The van der Waals surface area contributed by atoms with Crippen LogP contribution in [-0.2, 0) is 11.8 Å². The van der Waals surface area contributed by atoms with Gasteiger partial charge in [0.25, 0.3) is 11.2 Å². The van der Waals surface area contributed by atoms with Gasteiger partial charge in [0.2, 0.25) is 5.91 Å². The molecule has 12 heteroatoms. The first kappa shape index (κ1) is 22.0. The molecule has 4 rings (SSSR count). The van der Waals surface area contributed by atoms with E-state index >= 15 is 0 Å². The van der Waals surface area contributed by atoms with Gasteiger partial charge in [-0.05, 0) is 25.1 Å². The molecule has 0 spiro atoms. The summed E-state index contributed by atoms with van der Waals surface area (Å²) >= 11 is 1.11. The average Bonchev–Trinajstić information content (AvgIpc) is 3.25. The number of hydrogen-bond donors (Lipinski definition) is 1. The van der Waals surface area contributed by atoms with Gasteiger partial charge in [-0.2, -0.15) is 5.10 Å². The number of carbonyl (C=O) groups excluding carboxylic acids is 1. The molecule has 11 nitrogen and oxygen atoms in total. The molecule has 0 saturated carbocycles. The monoisotopic (exact) mass is 466 g/mol. The van der Waals surface area contributed by atoms with Crippen LogP contribution in [0.2, 0.25) is 0 Å². The fourth-order valence-electron chi connectivity index (χ4n) is 3.37. The number of phenolic OH excluding ortho intramolecular Hbond substituents is 1. The van der Waals surface area contributed by atoms with Gasteiger partial charge >= 0.3 is 0 Å². The Morgan fingerprint density at radius 1 is 1.18 bits per heavy atom. The van der Waals surface area contributed by atoms with Crippen LogP contribution in [0.5, 0.6) is 5.75 Å². The van der Waals surface area contributed by atoms with Crippen LogP contribution in [0, 0.1) is 17.0 Å². The van der Waals surface area contributed by atoms with E-state index in [-0.39, 0.29) is 45.1 Å². The highest BCUT2D eigenvalue weighted by molar-refractivity contribution is 8.15. The van der Waals surface area contributed by atoms with Crippen molar-refractivity contribution in [2.24, 2.45) is 17.3 Å². The van der Waals surface area contributed by atoms with Crippen molar-refractivity contribution in [3.8, 4) is 11.4 Å². The van der Waals surface area contributed by atoms with Crippen LogP contribution in [0.4, 0.5) is 11.4 Å². The van der Waals surface area contributed by atoms with Crippen LogP contribution in [0.25, 0.3) is 5.69 Å². The van der Waals surface area contributed by atoms with Crippen LogP contribution in [0.1, 0.15) is 11.3 Å².